The zero-order chi connectivity index (χ0) is 15.1. The normalized spacial score (nSPS) is 10.4. The van der Waals surface area contributed by atoms with Crippen molar-refractivity contribution in [2.24, 2.45) is 0 Å². The molecule has 0 fully saturated rings. The molecule has 3 nitrogen and oxygen atoms in total. The Kier molecular flexibility index (Phi) is 5.78. The highest BCUT2D eigenvalue weighted by Gasteiger charge is 2.09. The van der Waals surface area contributed by atoms with Gasteiger partial charge >= 0.3 is 0 Å². The van der Waals surface area contributed by atoms with E-state index in [2.05, 4.69) is 5.32 Å². The standard InChI is InChI=1S/C17H18ClNO2/c1-13-7-8-15(16(18)11-13)17(20)19-9-10-21-12-14-5-3-2-4-6-14/h2-8,11H,9-10,12H2,1H3,(H,19,20). The lowest BCUT2D eigenvalue weighted by Crippen LogP contribution is -2.27. The van der Waals surface area contributed by atoms with Crippen molar-refractivity contribution in [2.45, 2.75) is 13.5 Å². The summed E-state index contributed by atoms with van der Waals surface area (Å²) in [6.45, 7) is 3.40. The Morgan fingerprint density at radius 1 is 1.19 bits per heavy atom. The maximum Gasteiger partial charge on any atom is 0.252 e. The minimum absolute atomic E-state index is 0.177. The molecule has 2 aromatic carbocycles. The summed E-state index contributed by atoms with van der Waals surface area (Å²) >= 11 is 6.05. The minimum Gasteiger partial charge on any atom is -0.375 e. The molecule has 0 radical (unpaired) electrons. The predicted octanol–water partition coefficient (Wildman–Crippen LogP) is 3.60. The highest BCUT2D eigenvalue weighted by Crippen LogP contribution is 2.17. The first kappa shape index (κ1) is 15.5. The van der Waals surface area contributed by atoms with E-state index in [0.717, 1.165) is 11.1 Å². The monoisotopic (exact) mass is 303 g/mol. The van der Waals surface area contributed by atoms with Crippen molar-refractivity contribution in [1.29, 1.82) is 0 Å². The van der Waals surface area contributed by atoms with Crippen molar-refractivity contribution in [1.82, 2.24) is 5.32 Å². The van der Waals surface area contributed by atoms with Crippen LogP contribution in [0.5, 0.6) is 0 Å². The number of benzene rings is 2. The predicted molar refractivity (Wildman–Crippen MR) is 84.6 cm³/mol. The van der Waals surface area contributed by atoms with Gasteiger partial charge in [-0.1, -0.05) is 48.0 Å². The molecule has 0 spiro atoms. The van der Waals surface area contributed by atoms with Crippen molar-refractivity contribution in [3.63, 3.8) is 0 Å². The highest BCUT2D eigenvalue weighted by molar-refractivity contribution is 6.33. The van der Waals surface area contributed by atoms with Crippen LogP contribution in [-0.4, -0.2) is 19.1 Å². The van der Waals surface area contributed by atoms with Gasteiger partial charge in [0.2, 0.25) is 0 Å². The fourth-order valence-electron chi connectivity index (χ4n) is 1.90. The quantitative estimate of drug-likeness (QED) is 0.828. The summed E-state index contributed by atoms with van der Waals surface area (Å²) in [5.41, 5.74) is 2.64. The van der Waals surface area contributed by atoms with Crippen molar-refractivity contribution in [2.75, 3.05) is 13.2 Å². The Labute approximate surface area is 129 Å². The number of carbonyl (C=O) groups is 1. The van der Waals surface area contributed by atoms with Crippen molar-refractivity contribution in [3.8, 4) is 0 Å². The number of hydrogen-bond donors (Lipinski definition) is 1. The molecule has 0 unspecified atom stereocenters. The van der Waals surface area contributed by atoms with E-state index in [1.165, 1.54) is 0 Å². The molecule has 110 valence electrons. The van der Waals surface area contributed by atoms with Gasteiger partial charge in [-0.25, -0.2) is 0 Å². The molecule has 2 rings (SSSR count). The lowest BCUT2D eigenvalue weighted by atomic mass is 10.1. The SMILES string of the molecule is Cc1ccc(C(=O)NCCOCc2ccccc2)c(Cl)c1. The number of halogens is 1. The van der Waals surface area contributed by atoms with Gasteiger partial charge in [0.05, 0.1) is 23.8 Å². The number of ether oxygens (including phenoxy) is 1. The molecule has 0 saturated carbocycles. The molecule has 1 amide bonds. The lowest BCUT2D eigenvalue weighted by molar-refractivity contribution is 0.0901. The van der Waals surface area contributed by atoms with Crippen molar-refractivity contribution in [3.05, 3.63) is 70.2 Å². The number of aryl methyl sites for hydroxylation is 1. The summed E-state index contributed by atoms with van der Waals surface area (Å²) in [4.78, 5) is 12.0. The summed E-state index contributed by atoms with van der Waals surface area (Å²) in [5.74, 6) is -0.177. The first-order chi connectivity index (χ1) is 10.2. The third-order valence-corrected chi connectivity index (χ3v) is 3.33. The van der Waals surface area contributed by atoms with Crippen molar-refractivity contribution >= 4 is 17.5 Å². The molecule has 0 aromatic heterocycles. The van der Waals surface area contributed by atoms with Crippen LogP contribution in [0.25, 0.3) is 0 Å². The molecular formula is C17H18ClNO2. The van der Waals surface area contributed by atoms with Gasteiger partial charge in [0.25, 0.3) is 5.91 Å². The zero-order valence-corrected chi connectivity index (χ0v) is 12.7. The maximum atomic E-state index is 12.0. The lowest BCUT2D eigenvalue weighted by Gasteiger charge is -2.08. The van der Waals surface area contributed by atoms with Gasteiger partial charge in [-0.15, -0.1) is 0 Å². The Balaban J connectivity index is 1.72. The smallest absolute Gasteiger partial charge is 0.252 e. The number of rotatable bonds is 6. The average molecular weight is 304 g/mol. The van der Waals surface area contributed by atoms with E-state index in [9.17, 15) is 4.79 Å². The number of hydrogen-bond acceptors (Lipinski definition) is 2. The van der Waals surface area contributed by atoms with Crippen LogP contribution in [0.4, 0.5) is 0 Å². The summed E-state index contributed by atoms with van der Waals surface area (Å²) in [6.07, 6.45) is 0. The molecule has 1 N–H and O–H groups in total. The summed E-state index contributed by atoms with van der Waals surface area (Å²) < 4.78 is 5.51. The van der Waals surface area contributed by atoms with Gasteiger partial charge in [0.15, 0.2) is 0 Å². The second kappa shape index (κ2) is 7.81. The molecule has 0 saturated heterocycles. The van der Waals surface area contributed by atoms with E-state index in [1.807, 2.05) is 43.3 Å². The Morgan fingerprint density at radius 2 is 1.95 bits per heavy atom. The van der Waals surface area contributed by atoms with Crippen LogP contribution < -0.4 is 5.32 Å². The molecule has 21 heavy (non-hydrogen) atoms. The van der Waals surface area contributed by atoms with Gasteiger partial charge in [-0.3, -0.25) is 4.79 Å². The maximum absolute atomic E-state index is 12.0. The highest BCUT2D eigenvalue weighted by atomic mass is 35.5. The van der Waals surface area contributed by atoms with Crippen LogP contribution in [-0.2, 0) is 11.3 Å². The van der Waals surface area contributed by atoms with Crippen LogP contribution in [0.3, 0.4) is 0 Å². The van der Waals surface area contributed by atoms with E-state index in [1.54, 1.807) is 12.1 Å². The molecular weight excluding hydrogens is 286 g/mol. The largest absolute Gasteiger partial charge is 0.375 e. The number of carbonyl (C=O) groups excluding carboxylic acids is 1. The Bertz CT molecular complexity index is 599. The van der Waals surface area contributed by atoms with E-state index in [0.29, 0.717) is 30.3 Å². The molecule has 0 bridgehead atoms. The van der Waals surface area contributed by atoms with E-state index < -0.39 is 0 Å². The first-order valence-corrected chi connectivity index (χ1v) is 7.20. The number of amides is 1. The Morgan fingerprint density at radius 3 is 2.67 bits per heavy atom. The number of nitrogens with one attached hydrogen (secondary N) is 1. The van der Waals surface area contributed by atoms with Gasteiger partial charge in [0, 0.05) is 6.54 Å². The van der Waals surface area contributed by atoms with Gasteiger partial charge in [-0.05, 0) is 30.2 Å². The van der Waals surface area contributed by atoms with Crippen molar-refractivity contribution < 1.29 is 9.53 Å². The average Bonchev–Trinajstić information content (AvgIpc) is 2.47. The fraction of sp³-hybridized carbons (Fsp3) is 0.235. The van der Waals surface area contributed by atoms with Crippen LogP contribution in [0.15, 0.2) is 48.5 Å². The second-order valence-corrected chi connectivity index (χ2v) is 5.18. The molecule has 4 heteroatoms. The first-order valence-electron chi connectivity index (χ1n) is 6.83. The summed E-state index contributed by atoms with van der Waals surface area (Å²) in [7, 11) is 0. The topological polar surface area (TPSA) is 38.3 Å². The molecule has 0 aliphatic heterocycles. The third-order valence-electron chi connectivity index (χ3n) is 3.01. The van der Waals surface area contributed by atoms with Gasteiger partial charge < -0.3 is 10.1 Å². The summed E-state index contributed by atoms with van der Waals surface area (Å²) in [6, 6.07) is 15.3. The second-order valence-electron chi connectivity index (χ2n) is 4.78. The zero-order valence-electron chi connectivity index (χ0n) is 11.9. The van der Waals surface area contributed by atoms with E-state index >= 15 is 0 Å². The molecule has 2 aromatic rings. The third kappa shape index (κ3) is 4.88. The van der Waals surface area contributed by atoms with Crippen LogP contribution in [0, 0.1) is 6.92 Å². The minimum atomic E-state index is -0.177. The molecule has 0 atom stereocenters. The van der Waals surface area contributed by atoms with Crippen LogP contribution in [0.2, 0.25) is 5.02 Å². The molecule has 0 heterocycles. The fourth-order valence-corrected chi connectivity index (χ4v) is 2.22. The molecule has 0 aliphatic carbocycles. The van der Waals surface area contributed by atoms with Gasteiger partial charge in [0.1, 0.15) is 0 Å². The van der Waals surface area contributed by atoms with E-state index in [-0.39, 0.29) is 5.91 Å². The molecule has 0 aliphatic rings. The van der Waals surface area contributed by atoms with Gasteiger partial charge in [-0.2, -0.15) is 0 Å². The van der Waals surface area contributed by atoms with Crippen LogP contribution in [0.1, 0.15) is 21.5 Å². The summed E-state index contributed by atoms with van der Waals surface area (Å²) in [5, 5.41) is 3.27. The van der Waals surface area contributed by atoms with Crippen LogP contribution >= 0.6 is 11.6 Å². The van der Waals surface area contributed by atoms with E-state index in [4.69, 9.17) is 16.3 Å². The Hall–Kier alpha value is -1.84.